The van der Waals surface area contributed by atoms with E-state index in [4.69, 9.17) is 115 Å². The van der Waals surface area contributed by atoms with Crippen LogP contribution in [-0.4, -0.2) is 334 Å². The first-order chi connectivity index (χ1) is 44.6. The summed E-state index contributed by atoms with van der Waals surface area (Å²) in [6.07, 6.45) is 10.6. The number of ether oxygens (including phenoxy) is 23. The Morgan fingerprint density at radius 3 is 0.611 bits per heavy atom. The molecule has 0 rings (SSSR count). The van der Waals surface area contributed by atoms with Crippen molar-refractivity contribution in [3.63, 3.8) is 0 Å². The Morgan fingerprint density at radius 1 is 0.267 bits per heavy atom. The van der Waals surface area contributed by atoms with E-state index >= 15 is 0 Å². The molecule has 0 aromatic carbocycles. The molecule has 1 atom stereocenters. The molecular formula is C62H124N2O26. The zero-order valence-corrected chi connectivity index (χ0v) is 55.3. The number of carboxylic acids is 1. The van der Waals surface area contributed by atoms with Gasteiger partial charge in [-0.2, -0.15) is 0 Å². The quantitative estimate of drug-likeness (QED) is 0.0582. The van der Waals surface area contributed by atoms with Crippen molar-refractivity contribution in [1.82, 2.24) is 5.32 Å². The fourth-order valence-corrected chi connectivity index (χ4v) is 7.42. The van der Waals surface area contributed by atoms with Crippen LogP contribution in [0.25, 0.3) is 0 Å². The third-order valence-electron chi connectivity index (χ3n) is 12.2. The van der Waals surface area contributed by atoms with Gasteiger partial charge in [-0.3, -0.25) is 9.59 Å². The number of carbonyl (C=O) groups is 2. The van der Waals surface area contributed by atoms with Gasteiger partial charge in [-0.25, -0.2) is 0 Å². The predicted octanol–water partition coefficient (Wildman–Crippen LogP) is 3.06. The van der Waals surface area contributed by atoms with Crippen LogP contribution in [0.3, 0.4) is 0 Å². The highest BCUT2D eigenvalue weighted by Gasteiger charge is 2.25. The number of rotatable bonds is 83. The lowest BCUT2D eigenvalue weighted by Gasteiger charge is -2.13. The molecule has 4 N–H and O–H groups in total. The van der Waals surface area contributed by atoms with Gasteiger partial charge < -0.3 is 125 Å². The van der Waals surface area contributed by atoms with E-state index in [0.29, 0.717) is 310 Å². The summed E-state index contributed by atoms with van der Waals surface area (Å²) in [6.45, 7) is 24.8. The van der Waals surface area contributed by atoms with Gasteiger partial charge in [-0.15, -0.1) is 0 Å². The first-order valence-corrected chi connectivity index (χ1v) is 33.1. The Morgan fingerprint density at radius 2 is 0.433 bits per heavy atom. The summed E-state index contributed by atoms with van der Waals surface area (Å²) in [5.41, 5.74) is 5.35. The highest BCUT2D eigenvalue weighted by atomic mass is 16.6. The maximum absolute atomic E-state index is 12.4. The second-order valence-electron chi connectivity index (χ2n) is 19.7. The fraction of sp³-hybridized carbons (Fsp3) is 0.968. The number of hydrogen-bond acceptors (Lipinski definition) is 26. The molecule has 0 radical (unpaired) electrons. The minimum atomic E-state index is -1.08. The number of unbranched alkanes of at least 4 members (excludes halogenated alkanes) is 8. The van der Waals surface area contributed by atoms with E-state index < -0.39 is 17.8 Å². The van der Waals surface area contributed by atoms with E-state index in [1.165, 1.54) is 38.5 Å². The van der Waals surface area contributed by atoms with Gasteiger partial charge in [0, 0.05) is 13.1 Å². The molecular weight excluding hydrogens is 1190 g/mol. The van der Waals surface area contributed by atoms with Crippen LogP contribution < -0.4 is 11.1 Å². The van der Waals surface area contributed by atoms with Gasteiger partial charge in [-0.05, 0) is 6.42 Å². The van der Waals surface area contributed by atoms with Gasteiger partial charge in [0.25, 0.3) is 0 Å². The van der Waals surface area contributed by atoms with Gasteiger partial charge in [0.2, 0.25) is 5.91 Å². The fourth-order valence-electron chi connectivity index (χ4n) is 7.42. The van der Waals surface area contributed by atoms with Crippen molar-refractivity contribution in [1.29, 1.82) is 0 Å². The van der Waals surface area contributed by atoms with E-state index in [1.807, 2.05) is 0 Å². The molecule has 28 nitrogen and oxygen atoms in total. The van der Waals surface area contributed by atoms with Gasteiger partial charge in [0.1, 0.15) is 5.92 Å². The van der Waals surface area contributed by atoms with Crippen LogP contribution in [0.15, 0.2) is 0 Å². The summed E-state index contributed by atoms with van der Waals surface area (Å²) >= 11 is 0. The second-order valence-corrected chi connectivity index (χ2v) is 19.7. The van der Waals surface area contributed by atoms with Crippen LogP contribution in [0.5, 0.6) is 0 Å². The number of carboxylic acid groups (broad SMARTS) is 1. The molecule has 0 fully saturated rings. The molecule has 0 saturated carbocycles. The van der Waals surface area contributed by atoms with Gasteiger partial charge in [0.15, 0.2) is 0 Å². The average molecular weight is 1310 g/mol. The van der Waals surface area contributed by atoms with E-state index in [0.717, 1.165) is 19.3 Å². The molecule has 28 heteroatoms. The normalized spacial score (nSPS) is 12.0. The van der Waals surface area contributed by atoms with E-state index in [2.05, 4.69) is 12.2 Å². The number of aliphatic carboxylic acids is 1. The zero-order valence-electron chi connectivity index (χ0n) is 55.3. The maximum Gasteiger partial charge on any atom is 0.316 e. The van der Waals surface area contributed by atoms with Crippen molar-refractivity contribution < 1.29 is 124 Å². The highest BCUT2D eigenvalue weighted by Crippen LogP contribution is 2.14. The van der Waals surface area contributed by atoms with Crippen LogP contribution >= 0.6 is 0 Å². The summed E-state index contributed by atoms with van der Waals surface area (Å²) in [6, 6.07) is 0. The summed E-state index contributed by atoms with van der Waals surface area (Å²) in [4.78, 5) is 24.0. The van der Waals surface area contributed by atoms with Crippen LogP contribution in [0.2, 0.25) is 0 Å². The SMILES string of the molecule is CCCCCCCCCCCC(C(=O)O)C(=O)NCCOCCOCCOCCOCCOCCOCCOCCOCCOCCOCCOCCOCCOCCOCCOCCOCCOCCOCCOCCOCCOCCOCCOCCN. The number of carbonyl (C=O) groups excluding carboxylic acids is 1. The molecule has 0 bridgehead atoms. The molecule has 0 aliphatic heterocycles. The largest absolute Gasteiger partial charge is 0.481 e. The maximum atomic E-state index is 12.4. The van der Waals surface area contributed by atoms with Crippen molar-refractivity contribution in [2.45, 2.75) is 71.1 Å². The first kappa shape index (κ1) is 88.0. The summed E-state index contributed by atoms with van der Waals surface area (Å²) < 4.78 is 126. The van der Waals surface area contributed by atoms with Crippen molar-refractivity contribution >= 4 is 11.9 Å². The predicted molar refractivity (Wildman–Crippen MR) is 334 cm³/mol. The molecule has 1 unspecified atom stereocenters. The standard InChI is InChI=1S/C62H124N2O26/c1-2-3-4-5-6-7-8-9-10-11-60(62(66)67)61(65)64-13-15-69-17-19-71-21-23-73-25-27-75-29-31-77-33-35-79-37-39-81-41-43-83-45-47-85-49-51-87-53-55-89-57-59-90-58-56-88-54-52-86-50-48-84-46-44-82-42-40-80-38-36-78-34-32-76-30-28-74-26-24-72-22-20-70-18-16-68-14-12-63/h60H,2-59,63H2,1H3,(H,64,65)(H,66,67). The van der Waals surface area contributed by atoms with Crippen molar-refractivity contribution in [3.05, 3.63) is 0 Å². The second kappa shape index (κ2) is 81.2. The lowest BCUT2D eigenvalue weighted by atomic mass is 9.99. The van der Waals surface area contributed by atoms with Gasteiger partial charge in [-0.1, -0.05) is 64.7 Å². The van der Waals surface area contributed by atoms with Crippen LogP contribution in [0.1, 0.15) is 71.1 Å². The zero-order chi connectivity index (χ0) is 64.7. The molecule has 538 valence electrons. The smallest absolute Gasteiger partial charge is 0.316 e. The molecule has 0 heterocycles. The molecule has 0 spiro atoms. The third kappa shape index (κ3) is 76.7. The molecule has 0 aliphatic rings. The molecule has 0 aromatic heterocycles. The topological polar surface area (TPSA) is 305 Å². The minimum absolute atomic E-state index is 0.255. The third-order valence-corrected chi connectivity index (χ3v) is 12.2. The van der Waals surface area contributed by atoms with E-state index in [9.17, 15) is 14.7 Å². The van der Waals surface area contributed by atoms with Crippen molar-refractivity contribution in [2.75, 3.05) is 317 Å². The van der Waals surface area contributed by atoms with Crippen LogP contribution in [0, 0.1) is 5.92 Å². The summed E-state index contributed by atoms with van der Waals surface area (Å²) in [5.74, 6) is -2.55. The lowest BCUT2D eigenvalue weighted by molar-refractivity contribution is -0.147. The minimum Gasteiger partial charge on any atom is -0.481 e. The summed E-state index contributed by atoms with van der Waals surface area (Å²) in [7, 11) is 0. The Kier molecular flexibility index (Phi) is 79.4. The van der Waals surface area contributed by atoms with Crippen LogP contribution in [0.4, 0.5) is 0 Å². The number of amides is 1. The van der Waals surface area contributed by atoms with Crippen LogP contribution in [-0.2, 0) is 119 Å². The molecule has 90 heavy (non-hydrogen) atoms. The first-order valence-electron chi connectivity index (χ1n) is 33.1. The Labute approximate surface area is 539 Å². The number of nitrogens with one attached hydrogen (secondary N) is 1. The number of nitrogens with two attached hydrogens (primary N) is 1. The average Bonchev–Trinajstić information content (AvgIpc) is 3.75. The van der Waals surface area contributed by atoms with E-state index in [1.54, 1.807) is 0 Å². The monoisotopic (exact) mass is 1310 g/mol. The summed E-state index contributed by atoms with van der Waals surface area (Å²) in [5, 5.41) is 12.2. The van der Waals surface area contributed by atoms with Gasteiger partial charge >= 0.3 is 5.97 Å². The van der Waals surface area contributed by atoms with Crippen molar-refractivity contribution in [2.24, 2.45) is 11.7 Å². The van der Waals surface area contributed by atoms with Gasteiger partial charge in [0.05, 0.1) is 304 Å². The Bertz CT molecular complexity index is 1360. The Hall–Kier alpha value is -2.02. The van der Waals surface area contributed by atoms with Crippen molar-refractivity contribution in [3.8, 4) is 0 Å². The Balaban J connectivity index is 3.17. The lowest BCUT2D eigenvalue weighted by Crippen LogP contribution is -2.37. The van der Waals surface area contributed by atoms with E-state index in [-0.39, 0.29) is 13.2 Å². The highest BCUT2D eigenvalue weighted by molar-refractivity contribution is 5.96. The molecule has 0 aromatic rings. The molecule has 0 aliphatic carbocycles. The molecule has 1 amide bonds. The number of hydrogen-bond donors (Lipinski definition) is 3. The molecule has 0 saturated heterocycles.